The highest BCUT2D eigenvalue weighted by Crippen LogP contribution is 2.17. The molecular weight excluding hydrogens is 258 g/mol. The van der Waals surface area contributed by atoms with E-state index in [1.54, 1.807) is 11.3 Å². The van der Waals surface area contributed by atoms with Gasteiger partial charge in [-0.1, -0.05) is 6.07 Å². The zero-order chi connectivity index (χ0) is 13.2. The number of rotatable bonds is 3. The number of H-pyrrole nitrogens is 1. The summed E-state index contributed by atoms with van der Waals surface area (Å²) in [6, 6.07) is 7.58. The van der Waals surface area contributed by atoms with Gasteiger partial charge in [-0.2, -0.15) is 0 Å². The molecule has 19 heavy (non-hydrogen) atoms. The van der Waals surface area contributed by atoms with Crippen molar-refractivity contribution >= 4 is 28.1 Å². The molecule has 0 fully saturated rings. The average molecular weight is 271 g/mol. The molecule has 3 rings (SSSR count). The molecule has 0 unspecified atom stereocenters. The highest BCUT2D eigenvalue weighted by atomic mass is 32.1. The summed E-state index contributed by atoms with van der Waals surface area (Å²) in [4.78, 5) is 20.7. The molecule has 1 amide bonds. The van der Waals surface area contributed by atoms with Crippen molar-refractivity contribution in [3.05, 3.63) is 52.1 Å². The summed E-state index contributed by atoms with van der Waals surface area (Å²) in [5.74, 6) is -0.0712. The van der Waals surface area contributed by atoms with Gasteiger partial charge in [-0.05, 0) is 25.1 Å². The quantitative estimate of drug-likeness (QED) is 0.769. The van der Waals surface area contributed by atoms with Gasteiger partial charge in [0.05, 0.1) is 6.54 Å². The summed E-state index contributed by atoms with van der Waals surface area (Å²) >= 11 is 1.60. The van der Waals surface area contributed by atoms with Crippen LogP contribution in [-0.2, 0) is 6.54 Å². The number of aryl methyl sites for hydroxylation is 1. The second-order valence-electron chi connectivity index (χ2n) is 4.29. The molecule has 3 aromatic rings. The summed E-state index contributed by atoms with van der Waals surface area (Å²) in [7, 11) is 0. The Kier molecular flexibility index (Phi) is 3.05. The number of aromatic amines is 1. The van der Waals surface area contributed by atoms with Gasteiger partial charge in [-0.15, -0.1) is 11.3 Å². The lowest BCUT2D eigenvalue weighted by Gasteiger charge is -2.04. The number of amides is 1. The van der Waals surface area contributed by atoms with Crippen LogP contribution in [0.15, 0.2) is 36.7 Å². The van der Waals surface area contributed by atoms with Gasteiger partial charge in [0.15, 0.2) is 0 Å². The van der Waals surface area contributed by atoms with E-state index in [1.807, 2.05) is 43.6 Å². The van der Waals surface area contributed by atoms with Crippen LogP contribution >= 0.6 is 11.3 Å². The van der Waals surface area contributed by atoms with Gasteiger partial charge >= 0.3 is 0 Å². The summed E-state index contributed by atoms with van der Waals surface area (Å²) in [5.41, 5.74) is 1.66. The number of nitrogens with zero attached hydrogens (tertiary/aromatic N) is 1. The van der Waals surface area contributed by atoms with E-state index in [-0.39, 0.29) is 5.91 Å². The summed E-state index contributed by atoms with van der Waals surface area (Å²) < 4.78 is 0. The molecule has 0 aliphatic heterocycles. The summed E-state index contributed by atoms with van der Waals surface area (Å²) in [5, 5.41) is 4.77. The second kappa shape index (κ2) is 4.85. The second-order valence-corrected chi connectivity index (χ2v) is 5.61. The third-order valence-electron chi connectivity index (χ3n) is 2.91. The highest BCUT2D eigenvalue weighted by molar-refractivity contribution is 7.11. The van der Waals surface area contributed by atoms with Crippen molar-refractivity contribution < 1.29 is 4.79 Å². The minimum atomic E-state index is -0.0712. The maximum absolute atomic E-state index is 12.2. The summed E-state index contributed by atoms with van der Waals surface area (Å²) in [6.07, 6.45) is 3.66. The Hall–Kier alpha value is -2.14. The van der Waals surface area contributed by atoms with Crippen molar-refractivity contribution in [1.82, 2.24) is 15.3 Å². The highest BCUT2D eigenvalue weighted by Gasteiger charge is 2.10. The van der Waals surface area contributed by atoms with E-state index in [0.29, 0.717) is 12.1 Å². The third kappa shape index (κ3) is 2.37. The molecule has 0 aliphatic rings. The van der Waals surface area contributed by atoms with Crippen molar-refractivity contribution in [3.63, 3.8) is 0 Å². The maximum atomic E-state index is 12.2. The number of carbonyl (C=O) groups excluding carboxylic acids is 1. The third-order valence-corrected chi connectivity index (χ3v) is 3.82. The van der Waals surface area contributed by atoms with Gasteiger partial charge in [0.25, 0.3) is 5.91 Å². The van der Waals surface area contributed by atoms with Gasteiger partial charge < -0.3 is 10.3 Å². The van der Waals surface area contributed by atoms with Gasteiger partial charge in [0.2, 0.25) is 0 Å². The van der Waals surface area contributed by atoms with Crippen LogP contribution in [0, 0.1) is 6.92 Å². The Morgan fingerprint density at radius 3 is 3.11 bits per heavy atom. The van der Waals surface area contributed by atoms with Crippen LogP contribution in [0.1, 0.15) is 20.2 Å². The number of benzene rings is 1. The molecule has 0 aliphatic carbocycles. The molecule has 2 aromatic heterocycles. The topological polar surface area (TPSA) is 57.8 Å². The van der Waals surface area contributed by atoms with Crippen molar-refractivity contribution in [3.8, 4) is 0 Å². The first-order valence-electron chi connectivity index (χ1n) is 5.99. The number of hydrogen-bond acceptors (Lipinski definition) is 3. The van der Waals surface area contributed by atoms with Gasteiger partial charge in [0, 0.05) is 33.7 Å². The van der Waals surface area contributed by atoms with Crippen LogP contribution in [0.2, 0.25) is 0 Å². The van der Waals surface area contributed by atoms with Crippen LogP contribution in [0.25, 0.3) is 10.9 Å². The molecule has 4 nitrogen and oxygen atoms in total. The number of hydrogen-bond donors (Lipinski definition) is 2. The summed E-state index contributed by atoms with van der Waals surface area (Å²) in [6.45, 7) is 2.47. The lowest BCUT2D eigenvalue weighted by atomic mass is 10.1. The Morgan fingerprint density at radius 1 is 1.42 bits per heavy atom. The van der Waals surface area contributed by atoms with Crippen LogP contribution in [0.3, 0.4) is 0 Å². The maximum Gasteiger partial charge on any atom is 0.252 e. The Bertz CT molecular complexity index is 729. The van der Waals surface area contributed by atoms with E-state index in [1.165, 1.54) is 0 Å². The molecule has 0 radical (unpaired) electrons. The number of aromatic nitrogens is 2. The fourth-order valence-electron chi connectivity index (χ4n) is 2.02. The molecule has 1 aromatic carbocycles. The number of fused-ring (bicyclic) bond motifs is 1. The number of thiazole rings is 1. The van der Waals surface area contributed by atoms with Crippen molar-refractivity contribution in [2.75, 3.05) is 0 Å². The molecule has 2 N–H and O–H groups in total. The van der Waals surface area contributed by atoms with E-state index in [9.17, 15) is 4.79 Å². The molecule has 0 saturated heterocycles. The fraction of sp³-hybridized carbons (Fsp3) is 0.143. The minimum absolute atomic E-state index is 0.0712. The zero-order valence-electron chi connectivity index (χ0n) is 10.4. The first kappa shape index (κ1) is 11.9. The molecular formula is C14H13N3OS. The fourth-order valence-corrected chi connectivity index (χ4v) is 2.74. The smallest absolute Gasteiger partial charge is 0.252 e. The van der Waals surface area contributed by atoms with Crippen molar-refractivity contribution in [2.45, 2.75) is 13.5 Å². The van der Waals surface area contributed by atoms with Crippen LogP contribution in [0.4, 0.5) is 0 Å². The molecule has 2 heterocycles. The lowest BCUT2D eigenvalue weighted by molar-refractivity contribution is 0.0952. The van der Waals surface area contributed by atoms with E-state index in [2.05, 4.69) is 15.3 Å². The number of nitrogens with one attached hydrogen (secondary N) is 2. The first-order valence-corrected chi connectivity index (χ1v) is 6.81. The first-order chi connectivity index (χ1) is 9.24. The molecule has 96 valence electrons. The van der Waals surface area contributed by atoms with E-state index < -0.39 is 0 Å². The predicted octanol–water partition coefficient (Wildman–Crippen LogP) is 2.86. The van der Waals surface area contributed by atoms with Gasteiger partial charge in [-0.3, -0.25) is 4.79 Å². The molecule has 5 heteroatoms. The van der Waals surface area contributed by atoms with E-state index in [4.69, 9.17) is 0 Å². The standard InChI is InChI=1S/C14H13N3OS/c1-9-7-16-13(19-9)8-17-14(18)11-3-2-4-12-10(11)5-6-15-12/h2-7,15H,8H2,1H3,(H,17,18). The lowest BCUT2D eigenvalue weighted by Crippen LogP contribution is -2.22. The number of carbonyl (C=O) groups is 1. The molecule has 0 atom stereocenters. The zero-order valence-corrected chi connectivity index (χ0v) is 11.3. The van der Waals surface area contributed by atoms with Crippen LogP contribution < -0.4 is 5.32 Å². The minimum Gasteiger partial charge on any atom is -0.361 e. The van der Waals surface area contributed by atoms with E-state index >= 15 is 0 Å². The van der Waals surface area contributed by atoms with Crippen molar-refractivity contribution in [2.24, 2.45) is 0 Å². The van der Waals surface area contributed by atoms with Gasteiger partial charge in [0.1, 0.15) is 5.01 Å². The van der Waals surface area contributed by atoms with E-state index in [0.717, 1.165) is 20.8 Å². The Labute approximate surface area is 114 Å². The molecule has 0 bridgehead atoms. The molecule has 0 spiro atoms. The Morgan fingerprint density at radius 2 is 2.32 bits per heavy atom. The van der Waals surface area contributed by atoms with Gasteiger partial charge in [-0.25, -0.2) is 4.98 Å². The predicted molar refractivity (Wildman–Crippen MR) is 76.3 cm³/mol. The van der Waals surface area contributed by atoms with Crippen LogP contribution in [-0.4, -0.2) is 15.9 Å². The normalized spacial score (nSPS) is 10.8. The monoisotopic (exact) mass is 271 g/mol. The SMILES string of the molecule is Cc1cnc(CNC(=O)c2cccc3[nH]ccc23)s1. The Balaban J connectivity index is 1.78. The largest absolute Gasteiger partial charge is 0.361 e. The van der Waals surface area contributed by atoms with Crippen molar-refractivity contribution in [1.29, 1.82) is 0 Å². The average Bonchev–Trinajstić information content (AvgIpc) is 3.03. The molecule has 0 saturated carbocycles. The van der Waals surface area contributed by atoms with Crippen LogP contribution in [0.5, 0.6) is 0 Å².